The molecule has 0 aromatic heterocycles. The van der Waals surface area contributed by atoms with Gasteiger partial charge < -0.3 is 10.0 Å². The maximum Gasteiger partial charge on any atom is 0.323 e. The largest absolute Gasteiger partial charge is 0.480 e. The number of carboxylic acids is 1. The molecule has 0 aromatic rings. The SMILES string of the molecule is CC(C)(C)N(CC(=O)O)C(=O)CC1CCC1. The molecule has 1 aliphatic carbocycles. The lowest BCUT2D eigenvalue weighted by Crippen LogP contribution is -2.48. The highest BCUT2D eigenvalue weighted by atomic mass is 16.4. The van der Waals surface area contributed by atoms with Crippen molar-refractivity contribution in [2.75, 3.05) is 6.54 Å². The average molecular weight is 227 g/mol. The maximum absolute atomic E-state index is 12.0. The molecule has 0 unspecified atom stereocenters. The first-order chi connectivity index (χ1) is 7.30. The van der Waals surface area contributed by atoms with Gasteiger partial charge in [-0.1, -0.05) is 6.42 Å². The van der Waals surface area contributed by atoms with Crippen LogP contribution in [0.1, 0.15) is 46.5 Å². The van der Waals surface area contributed by atoms with Crippen LogP contribution in [0.15, 0.2) is 0 Å². The number of nitrogens with zero attached hydrogens (tertiary/aromatic N) is 1. The fraction of sp³-hybridized carbons (Fsp3) is 0.833. The Hall–Kier alpha value is -1.06. The normalized spacial score (nSPS) is 16.7. The van der Waals surface area contributed by atoms with Gasteiger partial charge in [-0.05, 0) is 39.5 Å². The van der Waals surface area contributed by atoms with Crippen molar-refractivity contribution >= 4 is 11.9 Å². The van der Waals surface area contributed by atoms with E-state index in [1.807, 2.05) is 20.8 Å². The predicted octanol–water partition coefficient (Wildman–Crippen LogP) is 1.89. The van der Waals surface area contributed by atoms with E-state index in [0.29, 0.717) is 12.3 Å². The van der Waals surface area contributed by atoms with E-state index in [2.05, 4.69) is 0 Å². The van der Waals surface area contributed by atoms with E-state index in [-0.39, 0.29) is 12.5 Å². The number of amides is 1. The van der Waals surface area contributed by atoms with E-state index in [1.54, 1.807) is 0 Å². The summed E-state index contributed by atoms with van der Waals surface area (Å²) in [5.41, 5.74) is -0.417. The molecule has 1 fully saturated rings. The van der Waals surface area contributed by atoms with Crippen LogP contribution in [0.25, 0.3) is 0 Å². The van der Waals surface area contributed by atoms with Crippen molar-refractivity contribution in [1.82, 2.24) is 4.90 Å². The Morgan fingerprint density at radius 3 is 2.19 bits per heavy atom. The summed E-state index contributed by atoms with van der Waals surface area (Å²) in [6.45, 7) is 5.41. The fourth-order valence-electron chi connectivity index (χ4n) is 1.89. The van der Waals surface area contributed by atoms with Gasteiger partial charge in [-0.15, -0.1) is 0 Å². The van der Waals surface area contributed by atoms with Gasteiger partial charge in [-0.25, -0.2) is 0 Å². The number of hydrogen-bond acceptors (Lipinski definition) is 2. The van der Waals surface area contributed by atoms with Crippen LogP contribution >= 0.6 is 0 Å². The summed E-state index contributed by atoms with van der Waals surface area (Å²) in [4.78, 5) is 24.2. The van der Waals surface area contributed by atoms with E-state index in [4.69, 9.17) is 5.11 Å². The smallest absolute Gasteiger partial charge is 0.323 e. The van der Waals surface area contributed by atoms with Crippen LogP contribution in [0.3, 0.4) is 0 Å². The first kappa shape index (κ1) is 13.0. The molecule has 0 spiro atoms. The van der Waals surface area contributed by atoms with E-state index in [9.17, 15) is 9.59 Å². The maximum atomic E-state index is 12.0. The molecule has 0 bridgehead atoms. The molecule has 16 heavy (non-hydrogen) atoms. The summed E-state index contributed by atoms with van der Waals surface area (Å²) in [7, 11) is 0. The Balaban J connectivity index is 2.59. The highest BCUT2D eigenvalue weighted by molar-refractivity contribution is 5.82. The average Bonchev–Trinajstić information content (AvgIpc) is 2.04. The topological polar surface area (TPSA) is 57.6 Å². The Labute approximate surface area is 96.6 Å². The summed E-state index contributed by atoms with van der Waals surface area (Å²) >= 11 is 0. The Morgan fingerprint density at radius 2 is 1.88 bits per heavy atom. The lowest BCUT2D eigenvalue weighted by molar-refractivity contribution is -0.149. The highest BCUT2D eigenvalue weighted by Gasteiger charge is 2.31. The zero-order valence-electron chi connectivity index (χ0n) is 10.3. The predicted molar refractivity (Wildman–Crippen MR) is 61.1 cm³/mol. The van der Waals surface area contributed by atoms with Crippen LogP contribution in [0, 0.1) is 5.92 Å². The molecule has 0 heterocycles. The minimum absolute atomic E-state index is 0.0281. The molecule has 1 aliphatic rings. The molecule has 1 saturated carbocycles. The number of carbonyl (C=O) groups excluding carboxylic acids is 1. The number of aliphatic carboxylic acids is 1. The first-order valence-corrected chi connectivity index (χ1v) is 5.83. The van der Waals surface area contributed by atoms with Crippen molar-refractivity contribution in [2.45, 2.75) is 52.0 Å². The molecule has 4 nitrogen and oxygen atoms in total. The van der Waals surface area contributed by atoms with Gasteiger partial charge >= 0.3 is 5.97 Å². The summed E-state index contributed by atoms with van der Waals surface area (Å²) < 4.78 is 0. The van der Waals surface area contributed by atoms with Gasteiger partial charge in [0.2, 0.25) is 5.91 Å². The summed E-state index contributed by atoms with van der Waals surface area (Å²) in [5, 5.41) is 8.81. The molecule has 1 N–H and O–H groups in total. The second-order valence-corrected chi connectivity index (χ2v) is 5.55. The van der Waals surface area contributed by atoms with Crippen molar-refractivity contribution in [2.24, 2.45) is 5.92 Å². The molecule has 0 saturated heterocycles. The zero-order valence-corrected chi connectivity index (χ0v) is 10.3. The van der Waals surface area contributed by atoms with Crippen LogP contribution in [-0.2, 0) is 9.59 Å². The highest BCUT2D eigenvalue weighted by Crippen LogP contribution is 2.30. The second kappa shape index (κ2) is 4.85. The Kier molecular flexibility index (Phi) is 3.94. The molecule has 0 radical (unpaired) electrons. The standard InChI is InChI=1S/C12H21NO3/c1-12(2,3)13(8-11(15)16)10(14)7-9-5-4-6-9/h9H,4-8H2,1-3H3,(H,15,16). The van der Waals surface area contributed by atoms with Crippen LogP contribution in [0.5, 0.6) is 0 Å². The number of carboxylic acid groups (broad SMARTS) is 1. The first-order valence-electron chi connectivity index (χ1n) is 5.83. The number of hydrogen-bond donors (Lipinski definition) is 1. The lowest BCUT2D eigenvalue weighted by atomic mass is 9.82. The molecular formula is C12H21NO3. The molecule has 1 rings (SSSR count). The third-order valence-electron chi connectivity index (χ3n) is 3.09. The van der Waals surface area contributed by atoms with Crippen LogP contribution < -0.4 is 0 Å². The quantitative estimate of drug-likeness (QED) is 0.797. The van der Waals surface area contributed by atoms with Gasteiger partial charge in [-0.2, -0.15) is 0 Å². The van der Waals surface area contributed by atoms with Crippen molar-refractivity contribution in [3.05, 3.63) is 0 Å². The van der Waals surface area contributed by atoms with Gasteiger partial charge in [0.25, 0.3) is 0 Å². The van der Waals surface area contributed by atoms with E-state index in [1.165, 1.54) is 11.3 Å². The van der Waals surface area contributed by atoms with Gasteiger partial charge in [-0.3, -0.25) is 9.59 Å². The summed E-state index contributed by atoms with van der Waals surface area (Å²) in [6, 6.07) is 0. The molecule has 0 aliphatic heterocycles. The minimum atomic E-state index is -0.947. The van der Waals surface area contributed by atoms with Gasteiger partial charge in [0, 0.05) is 12.0 Å². The molecule has 92 valence electrons. The lowest BCUT2D eigenvalue weighted by Gasteiger charge is -2.36. The monoisotopic (exact) mass is 227 g/mol. The number of rotatable bonds is 4. The fourth-order valence-corrected chi connectivity index (χ4v) is 1.89. The van der Waals surface area contributed by atoms with Crippen molar-refractivity contribution in [3.8, 4) is 0 Å². The Bertz CT molecular complexity index is 276. The molecule has 4 heteroatoms. The summed E-state index contributed by atoms with van der Waals surface area (Å²) in [5.74, 6) is -0.498. The van der Waals surface area contributed by atoms with Gasteiger partial charge in [0.1, 0.15) is 6.54 Å². The van der Waals surface area contributed by atoms with Gasteiger partial charge in [0.05, 0.1) is 0 Å². The molecule has 1 amide bonds. The van der Waals surface area contributed by atoms with E-state index in [0.717, 1.165) is 12.8 Å². The van der Waals surface area contributed by atoms with E-state index < -0.39 is 11.5 Å². The van der Waals surface area contributed by atoms with E-state index >= 15 is 0 Å². The Morgan fingerprint density at radius 1 is 1.31 bits per heavy atom. The summed E-state index contributed by atoms with van der Waals surface area (Å²) in [6.07, 6.45) is 3.92. The molecule has 0 atom stereocenters. The minimum Gasteiger partial charge on any atom is -0.480 e. The van der Waals surface area contributed by atoms with Crippen molar-refractivity contribution in [3.63, 3.8) is 0 Å². The zero-order chi connectivity index (χ0) is 12.3. The van der Waals surface area contributed by atoms with Crippen LogP contribution in [-0.4, -0.2) is 34.0 Å². The number of carbonyl (C=O) groups is 2. The molecule has 0 aromatic carbocycles. The van der Waals surface area contributed by atoms with Crippen molar-refractivity contribution < 1.29 is 14.7 Å². The third-order valence-corrected chi connectivity index (χ3v) is 3.09. The van der Waals surface area contributed by atoms with Crippen molar-refractivity contribution in [1.29, 1.82) is 0 Å². The van der Waals surface area contributed by atoms with Gasteiger partial charge in [0.15, 0.2) is 0 Å². The van der Waals surface area contributed by atoms with Crippen LogP contribution in [0.2, 0.25) is 0 Å². The van der Waals surface area contributed by atoms with Crippen LogP contribution in [0.4, 0.5) is 0 Å². The molecular weight excluding hydrogens is 206 g/mol. The second-order valence-electron chi connectivity index (χ2n) is 5.55. The third kappa shape index (κ3) is 3.51.